The Kier molecular flexibility index (Phi) is 47.9. The second-order valence-corrected chi connectivity index (χ2v) is 16.8. The van der Waals surface area contributed by atoms with E-state index in [0.29, 0.717) is 12.8 Å². The fraction of sp³-hybridized carbons (Fsp3) is 0.957. The number of nitrogens with zero attached hydrogens (tertiary/aromatic N) is 2. The Balaban J connectivity index is 0. The van der Waals surface area contributed by atoms with Crippen LogP contribution in [-0.2, 0) is 9.59 Å². The Bertz CT molecular complexity index is 715. The van der Waals surface area contributed by atoms with E-state index < -0.39 is 0 Å². The first kappa shape index (κ1) is 54.0. The van der Waals surface area contributed by atoms with E-state index in [1.807, 2.05) is 14.1 Å². The number of nitrogens with one attached hydrogen (secondary N) is 2. The van der Waals surface area contributed by atoms with E-state index in [-0.39, 0.29) is 11.8 Å². The smallest absolute Gasteiger partial charge is 0.220 e. The number of carbonyl (C=O) groups is 2. The summed E-state index contributed by atoms with van der Waals surface area (Å²) in [5.74, 6) is 0.454. The number of amides is 2. The summed E-state index contributed by atoms with van der Waals surface area (Å²) in [5, 5.41) is 6.01. The lowest BCUT2D eigenvalue weighted by Gasteiger charge is -2.10. The normalized spacial score (nSPS) is 11.2. The quantitative estimate of drug-likeness (QED) is 0.0611. The van der Waals surface area contributed by atoms with E-state index in [2.05, 4.69) is 48.4 Å². The molecule has 2 amide bonds. The number of likely N-dealkylation sites (N-methyl/N-ethyl adjacent to an activating group) is 1. The van der Waals surface area contributed by atoms with Crippen LogP contribution < -0.4 is 10.6 Å². The van der Waals surface area contributed by atoms with Crippen molar-refractivity contribution < 1.29 is 9.59 Å². The number of rotatable bonds is 41. The summed E-state index contributed by atoms with van der Waals surface area (Å²) in [6.45, 7) is 8.11. The number of hydrogen-bond acceptors (Lipinski definition) is 4. The van der Waals surface area contributed by atoms with Crippen LogP contribution in [0.3, 0.4) is 0 Å². The summed E-state index contributed by atoms with van der Waals surface area (Å²) < 4.78 is 0. The van der Waals surface area contributed by atoms with Gasteiger partial charge < -0.3 is 20.4 Å². The third kappa shape index (κ3) is 53.0. The van der Waals surface area contributed by atoms with Gasteiger partial charge in [0.15, 0.2) is 0 Å². The van der Waals surface area contributed by atoms with Crippen molar-refractivity contribution in [1.82, 2.24) is 20.4 Å². The zero-order chi connectivity index (χ0) is 39.3. The highest BCUT2D eigenvalue weighted by Crippen LogP contribution is 2.15. The molecule has 0 aliphatic heterocycles. The van der Waals surface area contributed by atoms with Crippen molar-refractivity contribution in [3.8, 4) is 0 Å². The second-order valence-electron chi connectivity index (χ2n) is 16.8. The number of unbranched alkanes of at least 4 members (excludes halogenated alkanes) is 30. The molecule has 0 rings (SSSR count). The lowest BCUT2D eigenvalue weighted by atomic mass is 10.0. The predicted octanol–water partition coefficient (Wildman–Crippen LogP) is 13.0. The van der Waals surface area contributed by atoms with Crippen molar-refractivity contribution in [1.29, 1.82) is 0 Å². The standard InChI is InChI=1S/C27H56N2O.C20H42N2O/c1-4-5-6-7-8-9-10-11-12-13-14-15-16-17-18-19-20-21-22-24-27(30)28-25-23-26-29(2)3;1-4-5-6-7-8-9-10-11-12-13-14-15-16-17-20(23)21-18-19-22(2)3/h4-26H2,1-3H3,(H,28,30);4-19H2,1-3H3,(H,21,23). The molecule has 2 N–H and O–H groups in total. The van der Waals surface area contributed by atoms with Gasteiger partial charge in [-0.3, -0.25) is 9.59 Å². The van der Waals surface area contributed by atoms with Crippen LogP contribution in [0.2, 0.25) is 0 Å². The second kappa shape index (κ2) is 47.0. The minimum Gasteiger partial charge on any atom is -0.356 e. The molecule has 0 aromatic heterocycles. The Labute approximate surface area is 333 Å². The molecule has 0 saturated carbocycles. The van der Waals surface area contributed by atoms with Crippen LogP contribution in [0.25, 0.3) is 0 Å². The Morgan fingerprint density at radius 3 is 0.830 bits per heavy atom. The van der Waals surface area contributed by atoms with Gasteiger partial charge in [0.1, 0.15) is 0 Å². The van der Waals surface area contributed by atoms with Gasteiger partial charge in [0, 0.05) is 32.5 Å². The maximum atomic E-state index is 11.7. The van der Waals surface area contributed by atoms with Crippen LogP contribution in [0.15, 0.2) is 0 Å². The van der Waals surface area contributed by atoms with Gasteiger partial charge in [-0.1, -0.05) is 206 Å². The molecular weight excluding hydrogens is 653 g/mol. The van der Waals surface area contributed by atoms with Crippen LogP contribution in [0.1, 0.15) is 239 Å². The monoisotopic (exact) mass is 751 g/mol. The topological polar surface area (TPSA) is 64.7 Å². The summed E-state index contributed by atoms with van der Waals surface area (Å²) >= 11 is 0. The highest BCUT2D eigenvalue weighted by atomic mass is 16.2. The maximum Gasteiger partial charge on any atom is 0.220 e. The van der Waals surface area contributed by atoms with Crippen LogP contribution in [0.4, 0.5) is 0 Å². The van der Waals surface area contributed by atoms with Crippen molar-refractivity contribution >= 4 is 11.8 Å². The summed E-state index contributed by atoms with van der Waals surface area (Å²) in [7, 11) is 8.19. The lowest BCUT2D eigenvalue weighted by Crippen LogP contribution is -2.31. The first-order valence-electron chi connectivity index (χ1n) is 23.7. The fourth-order valence-corrected chi connectivity index (χ4v) is 6.89. The van der Waals surface area contributed by atoms with Gasteiger partial charge in [-0.25, -0.2) is 0 Å². The van der Waals surface area contributed by atoms with Gasteiger partial charge in [0.2, 0.25) is 11.8 Å². The van der Waals surface area contributed by atoms with Crippen molar-refractivity contribution in [3.63, 3.8) is 0 Å². The molecular formula is C47H98N4O2. The van der Waals surface area contributed by atoms with Crippen LogP contribution in [0.5, 0.6) is 0 Å². The highest BCUT2D eigenvalue weighted by molar-refractivity contribution is 5.76. The van der Waals surface area contributed by atoms with Gasteiger partial charge in [0.25, 0.3) is 0 Å². The van der Waals surface area contributed by atoms with E-state index in [1.54, 1.807) is 0 Å². The summed E-state index contributed by atoms with van der Waals surface area (Å²) in [6.07, 6.45) is 46.5. The van der Waals surface area contributed by atoms with Crippen molar-refractivity contribution in [2.45, 2.75) is 239 Å². The molecule has 0 saturated heterocycles. The predicted molar refractivity (Wildman–Crippen MR) is 236 cm³/mol. The van der Waals surface area contributed by atoms with Gasteiger partial charge in [-0.05, 0) is 54.0 Å². The Morgan fingerprint density at radius 2 is 0.566 bits per heavy atom. The fourth-order valence-electron chi connectivity index (χ4n) is 6.89. The van der Waals surface area contributed by atoms with Crippen LogP contribution in [-0.4, -0.2) is 76.0 Å². The zero-order valence-electron chi connectivity index (χ0n) is 37.3. The largest absolute Gasteiger partial charge is 0.356 e. The van der Waals surface area contributed by atoms with E-state index in [1.165, 1.54) is 193 Å². The average molecular weight is 751 g/mol. The number of carbonyl (C=O) groups excluding carboxylic acids is 2. The molecule has 0 radical (unpaired) electrons. The molecule has 0 atom stereocenters. The Hall–Kier alpha value is -1.14. The molecule has 0 spiro atoms. The molecule has 6 nitrogen and oxygen atoms in total. The van der Waals surface area contributed by atoms with E-state index in [4.69, 9.17) is 0 Å². The van der Waals surface area contributed by atoms with E-state index >= 15 is 0 Å². The number of hydrogen-bond donors (Lipinski definition) is 2. The minimum absolute atomic E-state index is 0.218. The summed E-state index contributed by atoms with van der Waals surface area (Å²) in [5.41, 5.74) is 0. The molecule has 0 aliphatic rings. The first-order chi connectivity index (χ1) is 25.8. The molecule has 0 fully saturated rings. The van der Waals surface area contributed by atoms with Gasteiger partial charge in [-0.2, -0.15) is 0 Å². The van der Waals surface area contributed by atoms with E-state index in [0.717, 1.165) is 45.4 Å². The average Bonchev–Trinajstić information content (AvgIpc) is 3.13. The Morgan fingerprint density at radius 1 is 0.321 bits per heavy atom. The molecule has 6 heteroatoms. The lowest BCUT2D eigenvalue weighted by molar-refractivity contribution is -0.122. The molecule has 0 aromatic carbocycles. The maximum absolute atomic E-state index is 11.7. The molecule has 0 heterocycles. The zero-order valence-corrected chi connectivity index (χ0v) is 37.3. The van der Waals surface area contributed by atoms with Gasteiger partial charge >= 0.3 is 0 Å². The minimum atomic E-state index is 0.218. The molecule has 0 unspecified atom stereocenters. The van der Waals surface area contributed by atoms with Gasteiger partial charge in [-0.15, -0.1) is 0 Å². The molecule has 0 aliphatic carbocycles. The van der Waals surface area contributed by atoms with E-state index in [9.17, 15) is 9.59 Å². The summed E-state index contributed by atoms with van der Waals surface area (Å²) in [4.78, 5) is 27.6. The van der Waals surface area contributed by atoms with Crippen molar-refractivity contribution in [3.05, 3.63) is 0 Å². The SMILES string of the molecule is CCCCCCCCCCCCCCCC(=O)NCCN(C)C.CCCCCCCCCCCCCCCCCCCCCC(=O)NCCCN(C)C. The van der Waals surface area contributed by atoms with Crippen molar-refractivity contribution in [2.75, 3.05) is 54.4 Å². The third-order valence-electron chi connectivity index (χ3n) is 10.5. The van der Waals surface area contributed by atoms with Crippen LogP contribution in [0, 0.1) is 0 Å². The summed E-state index contributed by atoms with van der Waals surface area (Å²) in [6, 6.07) is 0. The molecule has 53 heavy (non-hydrogen) atoms. The molecule has 0 aromatic rings. The third-order valence-corrected chi connectivity index (χ3v) is 10.5. The van der Waals surface area contributed by atoms with Crippen molar-refractivity contribution in [2.24, 2.45) is 0 Å². The highest BCUT2D eigenvalue weighted by Gasteiger charge is 2.02. The first-order valence-corrected chi connectivity index (χ1v) is 23.7. The molecule has 0 bridgehead atoms. The van der Waals surface area contributed by atoms with Crippen LogP contribution >= 0.6 is 0 Å². The molecule has 318 valence electrons. The van der Waals surface area contributed by atoms with Gasteiger partial charge in [0.05, 0.1) is 0 Å².